The quantitative estimate of drug-likeness (QED) is 0.541. The molecule has 28 heavy (non-hydrogen) atoms. The van der Waals surface area contributed by atoms with Crippen LogP contribution in [0.5, 0.6) is 0 Å². The summed E-state index contributed by atoms with van der Waals surface area (Å²) in [6, 6.07) is 8.93. The number of nitrogens with zero attached hydrogens (tertiary/aromatic N) is 1. The van der Waals surface area contributed by atoms with Gasteiger partial charge >= 0.3 is 5.97 Å². The van der Waals surface area contributed by atoms with Gasteiger partial charge in [-0.2, -0.15) is 0 Å². The van der Waals surface area contributed by atoms with Crippen LogP contribution in [0.4, 0.5) is 11.4 Å². The molecule has 0 aliphatic rings. The van der Waals surface area contributed by atoms with E-state index >= 15 is 0 Å². The van der Waals surface area contributed by atoms with E-state index in [4.69, 9.17) is 22.1 Å². The Kier molecular flexibility index (Phi) is 6.65. The largest absolute Gasteiger partial charge is 0.452 e. The van der Waals surface area contributed by atoms with Crippen LogP contribution in [-0.2, 0) is 19.6 Å². The predicted octanol–water partition coefficient (Wildman–Crippen LogP) is 2.28. The molecule has 150 valence electrons. The molecule has 0 aliphatic carbocycles. The highest BCUT2D eigenvalue weighted by atomic mass is 35.5. The van der Waals surface area contributed by atoms with Crippen molar-refractivity contribution in [2.75, 3.05) is 31.8 Å². The van der Waals surface area contributed by atoms with E-state index in [0.717, 1.165) is 9.87 Å². The number of hydrogen-bond donors (Lipinski definition) is 2. The van der Waals surface area contributed by atoms with Gasteiger partial charge in [-0.3, -0.25) is 4.79 Å². The molecule has 0 aliphatic heterocycles. The Bertz CT molecular complexity index is 1020. The fourth-order valence-electron chi connectivity index (χ4n) is 2.24. The number of amides is 1. The zero-order chi connectivity index (χ0) is 21.1. The average Bonchev–Trinajstić information content (AvgIpc) is 2.63. The molecule has 2 aromatic rings. The third-order valence-electron chi connectivity index (χ3n) is 3.85. The molecule has 0 saturated heterocycles. The first-order chi connectivity index (χ1) is 13.0. The van der Waals surface area contributed by atoms with E-state index in [2.05, 4.69) is 5.32 Å². The second-order valence-electron chi connectivity index (χ2n) is 6.09. The van der Waals surface area contributed by atoms with Gasteiger partial charge in [-0.1, -0.05) is 23.7 Å². The van der Waals surface area contributed by atoms with E-state index in [0.29, 0.717) is 0 Å². The van der Waals surface area contributed by atoms with Crippen molar-refractivity contribution in [3.63, 3.8) is 0 Å². The number of benzene rings is 2. The number of halogens is 1. The molecule has 0 atom stereocenters. The van der Waals surface area contributed by atoms with E-state index < -0.39 is 28.5 Å². The Morgan fingerprint density at radius 1 is 1.21 bits per heavy atom. The van der Waals surface area contributed by atoms with Gasteiger partial charge in [-0.15, -0.1) is 0 Å². The normalized spacial score (nSPS) is 11.3. The number of para-hydroxylation sites is 1. The lowest BCUT2D eigenvalue weighted by Gasteiger charge is -2.14. The van der Waals surface area contributed by atoms with E-state index in [1.54, 1.807) is 19.1 Å². The summed E-state index contributed by atoms with van der Waals surface area (Å²) in [7, 11) is -1.05. The van der Waals surface area contributed by atoms with Crippen LogP contribution in [0.3, 0.4) is 0 Å². The number of anilines is 2. The summed E-state index contributed by atoms with van der Waals surface area (Å²) in [6.45, 7) is 1.18. The van der Waals surface area contributed by atoms with Gasteiger partial charge in [0.1, 0.15) is 4.90 Å². The first-order valence-corrected chi connectivity index (χ1v) is 9.90. The van der Waals surface area contributed by atoms with E-state index in [9.17, 15) is 18.0 Å². The Balaban J connectivity index is 2.08. The van der Waals surface area contributed by atoms with E-state index in [-0.39, 0.29) is 26.9 Å². The molecule has 10 heteroatoms. The van der Waals surface area contributed by atoms with Gasteiger partial charge in [0.15, 0.2) is 6.61 Å². The lowest BCUT2D eigenvalue weighted by atomic mass is 10.1. The van der Waals surface area contributed by atoms with Crippen LogP contribution in [0.15, 0.2) is 41.3 Å². The van der Waals surface area contributed by atoms with Crippen molar-refractivity contribution in [3.8, 4) is 0 Å². The molecule has 0 spiro atoms. The Morgan fingerprint density at radius 2 is 1.89 bits per heavy atom. The number of sulfonamides is 1. The minimum Gasteiger partial charge on any atom is -0.452 e. The molecule has 0 bridgehead atoms. The van der Waals surface area contributed by atoms with Crippen molar-refractivity contribution in [1.82, 2.24) is 4.31 Å². The van der Waals surface area contributed by atoms with Crippen molar-refractivity contribution in [2.24, 2.45) is 0 Å². The summed E-state index contributed by atoms with van der Waals surface area (Å²) in [6.07, 6.45) is 0. The second kappa shape index (κ2) is 8.59. The SMILES string of the molecule is Cc1cccc(C(=O)OCC(=O)Nc2ccc(Cl)c(S(=O)(=O)N(C)C)c2)c1N. The first-order valence-electron chi connectivity index (χ1n) is 8.08. The highest BCUT2D eigenvalue weighted by molar-refractivity contribution is 7.89. The standard InChI is InChI=1S/C18H20ClN3O5S/c1-11-5-4-6-13(17(11)20)18(24)27-10-16(23)21-12-7-8-14(19)15(9-12)28(25,26)22(2)3/h4-9H,10,20H2,1-3H3,(H,21,23). The summed E-state index contributed by atoms with van der Waals surface area (Å²) in [5.41, 5.74) is 7.19. The molecule has 3 N–H and O–H groups in total. The Hall–Kier alpha value is -2.62. The highest BCUT2D eigenvalue weighted by Gasteiger charge is 2.22. The van der Waals surface area contributed by atoms with Crippen LogP contribution >= 0.6 is 11.6 Å². The number of nitrogens with two attached hydrogens (primary N) is 1. The number of nitrogens with one attached hydrogen (secondary N) is 1. The van der Waals surface area contributed by atoms with Crippen molar-refractivity contribution >= 4 is 44.9 Å². The molecular formula is C18H20ClN3O5S. The van der Waals surface area contributed by atoms with Crippen molar-refractivity contribution in [3.05, 3.63) is 52.5 Å². The molecule has 0 radical (unpaired) electrons. The molecule has 0 unspecified atom stereocenters. The molecule has 2 rings (SSSR count). The van der Waals surface area contributed by atoms with Gasteiger partial charge in [-0.25, -0.2) is 17.5 Å². The van der Waals surface area contributed by atoms with Crippen LogP contribution in [0, 0.1) is 6.92 Å². The maximum absolute atomic E-state index is 12.3. The monoisotopic (exact) mass is 425 g/mol. The van der Waals surface area contributed by atoms with Gasteiger partial charge in [0, 0.05) is 25.5 Å². The van der Waals surface area contributed by atoms with Crippen molar-refractivity contribution < 1.29 is 22.7 Å². The highest BCUT2D eigenvalue weighted by Crippen LogP contribution is 2.26. The van der Waals surface area contributed by atoms with Crippen LogP contribution in [0.1, 0.15) is 15.9 Å². The predicted molar refractivity (Wildman–Crippen MR) is 107 cm³/mol. The topological polar surface area (TPSA) is 119 Å². The van der Waals surface area contributed by atoms with Gasteiger partial charge in [0.05, 0.1) is 10.6 Å². The average molecular weight is 426 g/mol. The molecule has 8 nitrogen and oxygen atoms in total. The van der Waals surface area contributed by atoms with Crippen LogP contribution < -0.4 is 11.1 Å². The van der Waals surface area contributed by atoms with Gasteiger partial charge in [-0.05, 0) is 36.8 Å². The summed E-state index contributed by atoms with van der Waals surface area (Å²) < 4.78 is 30.5. The lowest BCUT2D eigenvalue weighted by Crippen LogP contribution is -2.24. The third-order valence-corrected chi connectivity index (χ3v) is 6.15. The van der Waals surface area contributed by atoms with Crippen LogP contribution in [-0.4, -0.2) is 45.3 Å². The second-order valence-corrected chi connectivity index (χ2v) is 8.62. The van der Waals surface area contributed by atoms with E-state index in [1.807, 2.05) is 0 Å². The molecule has 0 heterocycles. The Morgan fingerprint density at radius 3 is 2.54 bits per heavy atom. The summed E-state index contributed by atoms with van der Waals surface area (Å²) >= 11 is 5.96. The van der Waals surface area contributed by atoms with Crippen molar-refractivity contribution in [1.29, 1.82) is 0 Å². The number of ether oxygens (including phenoxy) is 1. The lowest BCUT2D eigenvalue weighted by molar-refractivity contribution is -0.119. The number of rotatable bonds is 6. The van der Waals surface area contributed by atoms with Gasteiger partial charge in [0.25, 0.3) is 5.91 Å². The fourth-order valence-corrected chi connectivity index (χ4v) is 3.63. The number of carbonyl (C=O) groups is 2. The zero-order valence-corrected chi connectivity index (χ0v) is 17.1. The fraction of sp³-hybridized carbons (Fsp3) is 0.222. The number of nitrogen functional groups attached to an aromatic ring is 1. The maximum Gasteiger partial charge on any atom is 0.340 e. The number of aryl methyl sites for hydroxylation is 1. The van der Waals surface area contributed by atoms with Crippen molar-refractivity contribution in [2.45, 2.75) is 11.8 Å². The zero-order valence-electron chi connectivity index (χ0n) is 15.5. The minimum absolute atomic E-state index is 0.0213. The van der Waals surface area contributed by atoms with Gasteiger partial charge < -0.3 is 15.8 Å². The third kappa shape index (κ3) is 4.80. The van der Waals surface area contributed by atoms with Crippen LogP contribution in [0.2, 0.25) is 5.02 Å². The molecule has 0 saturated carbocycles. The first kappa shape index (κ1) is 21.7. The molecular weight excluding hydrogens is 406 g/mol. The number of carbonyl (C=O) groups excluding carboxylic acids is 2. The number of hydrogen-bond acceptors (Lipinski definition) is 6. The minimum atomic E-state index is -3.79. The Labute approximate surface area is 168 Å². The van der Waals surface area contributed by atoms with E-state index in [1.165, 1.54) is 38.4 Å². The smallest absolute Gasteiger partial charge is 0.340 e. The van der Waals surface area contributed by atoms with Crippen LogP contribution in [0.25, 0.3) is 0 Å². The van der Waals surface area contributed by atoms with Gasteiger partial charge in [0.2, 0.25) is 10.0 Å². The number of esters is 1. The molecule has 0 fully saturated rings. The summed E-state index contributed by atoms with van der Waals surface area (Å²) in [4.78, 5) is 24.0. The molecule has 1 amide bonds. The molecule has 0 aromatic heterocycles. The summed E-state index contributed by atoms with van der Waals surface area (Å²) in [5, 5.41) is 2.49. The molecule has 2 aromatic carbocycles. The summed E-state index contributed by atoms with van der Waals surface area (Å²) in [5.74, 6) is -1.38. The maximum atomic E-state index is 12.3.